The number of benzene rings is 1. The summed E-state index contributed by atoms with van der Waals surface area (Å²) in [5.41, 5.74) is 2.73. The highest BCUT2D eigenvalue weighted by Gasteiger charge is 2.29. The average Bonchev–Trinajstić information content (AvgIpc) is 3.00. The van der Waals surface area contributed by atoms with Crippen LogP contribution in [0.4, 0.5) is 4.39 Å². The van der Waals surface area contributed by atoms with Crippen LogP contribution in [0.15, 0.2) is 30.6 Å². The number of hydrogen-bond acceptors (Lipinski definition) is 3. The topological polar surface area (TPSA) is 34.1 Å². The van der Waals surface area contributed by atoms with Gasteiger partial charge in [0.1, 0.15) is 17.7 Å². The van der Waals surface area contributed by atoms with Gasteiger partial charge in [-0.2, -0.15) is 0 Å². The molecule has 1 aromatic heterocycles. The molecule has 3 nitrogen and oxygen atoms in total. The molecule has 5 heteroatoms. The molecule has 0 aliphatic carbocycles. The van der Waals surface area contributed by atoms with Crippen LogP contribution in [-0.2, 0) is 0 Å². The molecule has 0 bridgehead atoms. The van der Waals surface area contributed by atoms with E-state index in [0.717, 1.165) is 42.0 Å². The molecule has 0 amide bonds. The van der Waals surface area contributed by atoms with E-state index < -0.39 is 0 Å². The van der Waals surface area contributed by atoms with E-state index in [-0.39, 0.29) is 17.8 Å². The third kappa shape index (κ3) is 3.65. The summed E-state index contributed by atoms with van der Waals surface area (Å²) in [7, 11) is 0. The van der Waals surface area contributed by atoms with Crippen LogP contribution in [0.1, 0.15) is 29.2 Å². The van der Waals surface area contributed by atoms with Crippen LogP contribution in [0.3, 0.4) is 0 Å². The summed E-state index contributed by atoms with van der Waals surface area (Å²) in [4.78, 5) is 3.98. The Morgan fingerprint density at radius 2 is 2.00 bits per heavy atom. The van der Waals surface area contributed by atoms with Crippen molar-refractivity contribution in [2.75, 3.05) is 13.1 Å². The minimum absolute atomic E-state index is 0.230. The van der Waals surface area contributed by atoms with E-state index in [1.54, 1.807) is 6.20 Å². The number of nitrogens with zero attached hydrogens (tertiary/aromatic N) is 1. The number of hydrogen-bond donors (Lipinski definition) is 1. The Balaban J connectivity index is 1.96. The first-order valence-electron chi connectivity index (χ1n) is 7.79. The number of aromatic nitrogens is 1. The fourth-order valence-electron chi connectivity index (χ4n) is 3.17. The number of pyridine rings is 1. The van der Waals surface area contributed by atoms with Crippen LogP contribution in [-0.4, -0.2) is 18.1 Å². The van der Waals surface area contributed by atoms with Crippen LogP contribution in [0.2, 0.25) is 5.02 Å². The number of halogens is 2. The van der Waals surface area contributed by atoms with Gasteiger partial charge in [-0.25, -0.2) is 4.39 Å². The Bertz CT molecular complexity index is 678. The minimum Gasteiger partial charge on any atom is -0.485 e. The van der Waals surface area contributed by atoms with Crippen molar-refractivity contribution in [3.8, 4) is 5.75 Å². The normalized spacial score (nSPS) is 18.9. The zero-order valence-electron chi connectivity index (χ0n) is 13.3. The maximum atomic E-state index is 13.6. The molecule has 1 saturated heterocycles. The van der Waals surface area contributed by atoms with Gasteiger partial charge in [-0.05, 0) is 56.1 Å². The molecule has 1 aliphatic heterocycles. The Hall–Kier alpha value is -1.65. The third-order valence-corrected chi connectivity index (χ3v) is 4.47. The van der Waals surface area contributed by atoms with E-state index in [9.17, 15) is 4.39 Å². The first kappa shape index (κ1) is 16.2. The lowest BCUT2D eigenvalue weighted by molar-refractivity contribution is 0.141. The Morgan fingerprint density at radius 3 is 2.61 bits per heavy atom. The summed E-state index contributed by atoms with van der Waals surface area (Å²) in [5.74, 6) is 0.759. The third-order valence-electron chi connectivity index (χ3n) is 4.25. The van der Waals surface area contributed by atoms with E-state index in [0.29, 0.717) is 5.02 Å². The van der Waals surface area contributed by atoms with Crippen LogP contribution >= 0.6 is 11.6 Å². The average molecular weight is 335 g/mol. The van der Waals surface area contributed by atoms with Crippen molar-refractivity contribution in [3.63, 3.8) is 0 Å². The lowest BCUT2D eigenvalue weighted by Gasteiger charge is -2.26. The molecule has 1 aromatic carbocycles. The summed E-state index contributed by atoms with van der Waals surface area (Å²) in [6.07, 6.45) is 3.66. The molecule has 0 spiro atoms. The predicted molar refractivity (Wildman–Crippen MR) is 89.5 cm³/mol. The van der Waals surface area contributed by atoms with Crippen LogP contribution < -0.4 is 10.1 Å². The summed E-state index contributed by atoms with van der Waals surface area (Å²) >= 11 is 6.10. The van der Waals surface area contributed by atoms with Crippen molar-refractivity contribution in [2.45, 2.75) is 26.4 Å². The summed E-state index contributed by atoms with van der Waals surface area (Å²) in [6, 6.07) is 5.28. The summed E-state index contributed by atoms with van der Waals surface area (Å²) in [5, 5.41) is 4.04. The van der Waals surface area contributed by atoms with Gasteiger partial charge in [-0.3, -0.25) is 4.98 Å². The van der Waals surface area contributed by atoms with E-state index >= 15 is 0 Å². The van der Waals surface area contributed by atoms with Crippen LogP contribution in [0.5, 0.6) is 5.75 Å². The molecule has 122 valence electrons. The van der Waals surface area contributed by atoms with Crippen molar-refractivity contribution in [3.05, 3.63) is 58.1 Å². The Labute approximate surface area is 140 Å². The number of ether oxygens (including phenoxy) is 1. The predicted octanol–water partition coefficient (Wildman–Crippen LogP) is 4.22. The second-order valence-corrected chi connectivity index (χ2v) is 6.53. The molecular weight excluding hydrogens is 315 g/mol. The Kier molecular flexibility index (Phi) is 4.83. The molecule has 23 heavy (non-hydrogen) atoms. The van der Waals surface area contributed by atoms with E-state index in [1.807, 2.05) is 26.0 Å². The molecule has 1 N–H and O–H groups in total. The van der Waals surface area contributed by atoms with Gasteiger partial charge in [-0.15, -0.1) is 0 Å². The smallest absolute Gasteiger partial charge is 0.141 e. The fraction of sp³-hybridized carbons (Fsp3) is 0.389. The maximum absolute atomic E-state index is 13.6. The van der Waals surface area contributed by atoms with Crippen molar-refractivity contribution in [2.24, 2.45) is 5.92 Å². The molecule has 1 aliphatic rings. The van der Waals surface area contributed by atoms with Gasteiger partial charge >= 0.3 is 0 Å². The largest absolute Gasteiger partial charge is 0.485 e. The summed E-state index contributed by atoms with van der Waals surface area (Å²) in [6.45, 7) is 5.75. The van der Waals surface area contributed by atoms with E-state index in [1.165, 1.54) is 12.3 Å². The first-order chi connectivity index (χ1) is 11.0. The standard InChI is InChI=1S/C18H20ClFN2O/c1-11-5-15(19)6-12(2)17(11)23-18(13-3-4-21-8-13)14-7-16(20)10-22-9-14/h5-7,9-10,13,18,21H,3-4,8H2,1-2H3/t13-,18+/m0/s1. The highest BCUT2D eigenvalue weighted by molar-refractivity contribution is 6.30. The zero-order valence-corrected chi connectivity index (χ0v) is 14.0. The van der Waals surface area contributed by atoms with Crippen LogP contribution in [0, 0.1) is 25.6 Å². The fourth-order valence-corrected chi connectivity index (χ4v) is 3.49. The molecule has 2 atom stereocenters. The van der Waals surface area contributed by atoms with Gasteiger partial charge in [0.05, 0.1) is 6.20 Å². The van der Waals surface area contributed by atoms with Gasteiger partial charge < -0.3 is 10.1 Å². The molecular formula is C18H20ClFN2O. The maximum Gasteiger partial charge on any atom is 0.141 e. The molecule has 2 aromatic rings. The highest BCUT2D eigenvalue weighted by Crippen LogP contribution is 2.36. The van der Waals surface area contributed by atoms with Crippen molar-refractivity contribution in [1.82, 2.24) is 10.3 Å². The lowest BCUT2D eigenvalue weighted by atomic mass is 9.95. The molecule has 3 rings (SSSR count). The molecule has 0 saturated carbocycles. The van der Waals surface area contributed by atoms with E-state index in [4.69, 9.17) is 16.3 Å². The minimum atomic E-state index is -0.341. The van der Waals surface area contributed by atoms with Crippen LogP contribution in [0.25, 0.3) is 0 Å². The summed E-state index contributed by atoms with van der Waals surface area (Å²) < 4.78 is 20.0. The Morgan fingerprint density at radius 1 is 1.26 bits per heavy atom. The van der Waals surface area contributed by atoms with Gasteiger partial charge in [-0.1, -0.05) is 11.6 Å². The monoisotopic (exact) mass is 334 g/mol. The SMILES string of the molecule is Cc1cc(Cl)cc(C)c1O[C@@H](c1cncc(F)c1)[C@H]1CCNC1. The quantitative estimate of drug-likeness (QED) is 0.909. The number of nitrogens with one attached hydrogen (secondary N) is 1. The van der Waals surface area contributed by atoms with E-state index in [2.05, 4.69) is 10.3 Å². The van der Waals surface area contributed by atoms with Crippen molar-refractivity contribution < 1.29 is 9.13 Å². The van der Waals surface area contributed by atoms with Gasteiger partial charge in [0.2, 0.25) is 0 Å². The molecule has 1 fully saturated rings. The lowest BCUT2D eigenvalue weighted by Crippen LogP contribution is -2.22. The number of rotatable bonds is 4. The first-order valence-corrected chi connectivity index (χ1v) is 8.17. The number of aryl methyl sites for hydroxylation is 2. The molecule has 0 unspecified atom stereocenters. The van der Waals surface area contributed by atoms with Crippen molar-refractivity contribution >= 4 is 11.6 Å². The van der Waals surface area contributed by atoms with Gasteiger partial charge in [0, 0.05) is 29.2 Å². The second kappa shape index (κ2) is 6.85. The van der Waals surface area contributed by atoms with Crippen molar-refractivity contribution in [1.29, 1.82) is 0 Å². The molecule has 0 radical (unpaired) electrons. The molecule has 2 heterocycles. The highest BCUT2D eigenvalue weighted by atomic mass is 35.5. The van der Waals surface area contributed by atoms with Gasteiger partial charge in [0.15, 0.2) is 0 Å². The van der Waals surface area contributed by atoms with Gasteiger partial charge in [0.25, 0.3) is 0 Å². The second-order valence-electron chi connectivity index (χ2n) is 6.10. The zero-order chi connectivity index (χ0) is 16.4.